The fourth-order valence-corrected chi connectivity index (χ4v) is 1.61. The number of amides is 1. The van der Waals surface area contributed by atoms with E-state index in [2.05, 4.69) is 20.6 Å². The monoisotopic (exact) mass is 235 g/mol. The third kappa shape index (κ3) is 2.99. The van der Waals surface area contributed by atoms with Crippen LogP contribution in [0.3, 0.4) is 0 Å². The van der Waals surface area contributed by atoms with Crippen molar-refractivity contribution in [3.05, 3.63) is 35.0 Å². The predicted molar refractivity (Wildman–Crippen MR) is 60.1 cm³/mol. The van der Waals surface area contributed by atoms with Gasteiger partial charge in [-0.05, 0) is 11.4 Å². The number of nitrogens with zero attached hydrogens (tertiary/aromatic N) is 4. The first-order chi connectivity index (χ1) is 7.84. The van der Waals surface area contributed by atoms with Gasteiger partial charge < -0.3 is 0 Å². The molecular weight excluding hydrogens is 226 g/mol. The van der Waals surface area contributed by atoms with Crippen LogP contribution in [0.1, 0.15) is 4.88 Å². The number of hydrogen-bond donors (Lipinski definition) is 1. The average molecular weight is 235 g/mol. The molecule has 0 aromatic carbocycles. The van der Waals surface area contributed by atoms with Gasteiger partial charge >= 0.3 is 0 Å². The molecule has 2 aromatic rings. The maximum Gasteiger partial charge on any atom is 0.261 e. The van der Waals surface area contributed by atoms with Crippen LogP contribution >= 0.6 is 11.3 Å². The van der Waals surface area contributed by atoms with E-state index in [4.69, 9.17) is 0 Å². The molecule has 0 saturated heterocycles. The Morgan fingerprint density at radius 1 is 1.69 bits per heavy atom. The van der Waals surface area contributed by atoms with Crippen molar-refractivity contribution in [2.45, 2.75) is 6.54 Å². The van der Waals surface area contributed by atoms with Crippen molar-refractivity contribution in [3.8, 4) is 0 Å². The van der Waals surface area contributed by atoms with Crippen LogP contribution in [0.4, 0.5) is 0 Å². The molecule has 0 aliphatic rings. The molecule has 1 amide bonds. The minimum atomic E-state index is -0.238. The van der Waals surface area contributed by atoms with Crippen molar-refractivity contribution in [1.29, 1.82) is 0 Å². The molecule has 6 nitrogen and oxygen atoms in total. The van der Waals surface area contributed by atoms with Gasteiger partial charge in [-0.3, -0.25) is 4.79 Å². The molecule has 2 aromatic heterocycles. The Balaban J connectivity index is 1.80. The van der Waals surface area contributed by atoms with Gasteiger partial charge in [0, 0.05) is 4.88 Å². The van der Waals surface area contributed by atoms with Crippen molar-refractivity contribution < 1.29 is 4.79 Å². The van der Waals surface area contributed by atoms with Gasteiger partial charge in [0.1, 0.15) is 19.2 Å². The summed E-state index contributed by atoms with van der Waals surface area (Å²) in [6.45, 7) is 0.113. The lowest BCUT2D eigenvalue weighted by molar-refractivity contribution is -0.121. The van der Waals surface area contributed by atoms with Crippen LogP contribution in [0, 0.1) is 0 Å². The van der Waals surface area contributed by atoms with Crippen LogP contribution in [0.2, 0.25) is 0 Å². The Labute approximate surface area is 95.6 Å². The first-order valence-corrected chi connectivity index (χ1v) is 5.40. The predicted octanol–water partition coefficient (Wildman–Crippen LogP) is 0.490. The Morgan fingerprint density at radius 2 is 2.62 bits per heavy atom. The van der Waals surface area contributed by atoms with Gasteiger partial charge in [0.25, 0.3) is 5.91 Å². The lowest BCUT2D eigenvalue weighted by atomic mass is 10.5. The van der Waals surface area contributed by atoms with Gasteiger partial charge in [0.05, 0.1) is 6.21 Å². The largest absolute Gasteiger partial charge is 0.271 e. The Hall–Kier alpha value is -2.02. The zero-order chi connectivity index (χ0) is 11.2. The van der Waals surface area contributed by atoms with Gasteiger partial charge in [-0.2, -0.15) is 10.2 Å². The Morgan fingerprint density at radius 3 is 3.31 bits per heavy atom. The summed E-state index contributed by atoms with van der Waals surface area (Å²) in [6.07, 6.45) is 4.45. The normalized spacial score (nSPS) is 10.8. The van der Waals surface area contributed by atoms with E-state index in [1.165, 1.54) is 17.3 Å². The van der Waals surface area contributed by atoms with E-state index >= 15 is 0 Å². The molecule has 0 unspecified atom stereocenters. The smallest absolute Gasteiger partial charge is 0.261 e. The molecule has 7 heteroatoms. The summed E-state index contributed by atoms with van der Waals surface area (Å²) in [6, 6.07) is 3.83. The molecule has 0 fully saturated rings. The second-order valence-corrected chi connectivity index (χ2v) is 3.88. The van der Waals surface area contributed by atoms with Gasteiger partial charge in [-0.15, -0.1) is 11.3 Å². The highest BCUT2D eigenvalue weighted by Crippen LogP contribution is 2.03. The number of carbonyl (C=O) groups excluding carboxylic acids is 1. The van der Waals surface area contributed by atoms with Crippen LogP contribution in [0.15, 0.2) is 35.3 Å². The summed E-state index contributed by atoms with van der Waals surface area (Å²) in [5.74, 6) is -0.238. The van der Waals surface area contributed by atoms with Crippen molar-refractivity contribution >= 4 is 23.5 Å². The quantitative estimate of drug-likeness (QED) is 0.619. The first kappa shape index (κ1) is 10.5. The molecule has 0 radical (unpaired) electrons. The summed E-state index contributed by atoms with van der Waals surface area (Å²) in [5, 5.41) is 9.57. The third-order valence-electron chi connectivity index (χ3n) is 1.70. The van der Waals surface area contributed by atoms with Crippen LogP contribution in [0.25, 0.3) is 0 Å². The zero-order valence-electron chi connectivity index (χ0n) is 8.28. The molecule has 2 heterocycles. The Bertz CT molecular complexity index is 462. The number of carbonyl (C=O) groups is 1. The number of aromatic nitrogens is 3. The topological polar surface area (TPSA) is 72.2 Å². The summed E-state index contributed by atoms with van der Waals surface area (Å²) >= 11 is 1.55. The second kappa shape index (κ2) is 5.17. The molecule has 0 aliphatic heterocycles. The standard InChI is InChI=1S/C9H9N5OS/c15-9(5-14-7-10-6-12-14)13-11-4-8-2-1-3-16-8/h1-4,6-7H,5H2,(H,13,15). The van der Waals surface area contributed by atoms with Crippen LogP contribution < -0.4 is 5.43 Å². The van der Waals surface area contributed by atoms with E-state index in [0.29, 0.717) is 0 Å². The molecule has 0 atom stereocenters. The third-order valence-corrected chi connectivity index (χ3v) is 2.50. The highest BCUT2D eigenvalue weighted by atomic mass is 32.1. The van der Waals surface area contributed by atoms with Crippen LogP contribution in [-0.2, 0) is 11.3 Å². The van der Waals surface area contributed by atoms with E-state index < -0.39 is 0 Å². The number of thiophene rings is 1. The number of hydrogen-bond acceptors (Lipinski definition) is 5. The molecule has 0 bridgehead atoms. The number of hydrazone groups is 1. The van der Waals surface area contributed by atoms with Gasteiger partial charge in [0.15, 0.2) is 0 Å². The molecule has 1 N–H and O–H groups in total. The second-order valence-electron chi connectivity index (χ2n) is 2.90. The molecule has 0 spiro atoms. The minimum Gasteiger partial charge on any atom is -0.271 e. The maximum absolute atomic E-state index is 11.3. The van der Waals surface area contributed by atoms with Crippen molar-refractivity contribution in [1.82, 2.24) is 20.2 Å². The van der Waals surface area contributed by atoms with Gasteiger partial charge in [-0.25, -0.2) is 15.1 Å². The van der Waals surface area contributed by atoms with Crippen LogP contribution in [0.5, 0.6) is 0 Å². The highest BCUT2D eigenvalue weighted by molar-refractivity contribution is 7.11. The lowest BCUT2D eigenvalue weighted by Crippen LogP contribution is -2.23. The van der Waals surface area contributed by atoms with E-state index in [-0.39, 0.29) is 12.5 Å². The Kier molecular flexibility index (Phi) is 3.39. The summed E-state index contributed by atoms with van der Waals surface area (Å²) in [7, 11) is 0. The zero-order valence-corrected chi connectivity index (χ0v) is 9.09. The van der Waals surface area contributed by atoms with Crippen molar-refractivity contribution in [2.24, 2.45) is 5.10 Å². The van der Waals surface area contributed by atoms with Gasteiger partial charge in [-0.1, -0.05) is 6.07 Å². The molecule has 82 valence electrons. The molecule has 0 saturated carbocycles. The minimum absolute atomic E-state index is 0.113. The summed E-state index contributed by atoms with van der Waals surface area (Å²) in [5.41, 5.74) is 2.41. The van der Waals surface area contributed by atoms with E-state index in [1.54, 1.807) is 17.6 Å². The molecular formula is C9H9N5OS. The first-order valence-electron chi connectivity index (χ1n) is 4.52. The fraction of sp³-hybridized carbons (Fsp3) is 0.111. The molecule has 2 rings (SSSR count). The van der Waals surface area contributed by atoms with E-state index in [1.807, 2.05) is 17.5 Å². The van der Waals surface area contributed by atoms with Gasteiger partial charge in [0.2, 0.25) is 0 Å². The number of rotatable bonds is 4. The summed E-state index contributed by atoms with van der Waals surface area (Å²) in [4.78, 5) is 16.0. The average Bonchev–Trinajstić information content (AvgIpc) is 2.90. The fourth-order valence-electron chi connectivity index (χ4n) is 1.03. The van der Waals surface area contributed by atoms with Crippen LogP contribution in [-0.4, -0.2) is 26.9 Å². The number of nitrogens with one attached hydrogen (secondary N) is 1. The molecule has 16 heavy (non-hydrogen) atoms. The van der Waals surface area contributed by atoms with Crippen molar-refractivity contribution in [3.63, 3.8) is 0 Å². The maximum atomic E-state index is 11.3. The summed E-state index contributed by atoms with van der Waals surface area (Å²) < 4.78 is 1.43. The van der Waals surface area contributed by atoms with E-state index in [0.717, 1.165) is 4.88 Å². The lowest BCUT2D eigenvalue weighted by Gasteiger charge is -1.98. The SMILES string of the molecule is O=C(Cn1cncn1)NN=Cc1cccs1. The highest BCUT2D eigenvalue weighted by Gasteiger charge is 2.00. The van der Waals surface area contributed by atoms with E-state index in [9.17, 15) is 4.79 Å². The molecule has 0 aliphatic carbocycles. The van der Waals surface area contributed by atoms with Crippen molar-refractivity contribution in [2.75, 3.05) is 0 Å².